The van der Waals surface area contributed by atoms with Crippen molar-refractivity contribution in [1.82, 2.24) is 5.32 Å². The van der Waals surface area contributed by atoms with Crippen LogP contribution < -0.4 is 10.6 Å². The van der Waals surface area contributed by atoms with Crippen LogP contribution in [0.25, 0.3) is 0 Å². The van der Waals surface area contributed by atoms with E-state index in [0.717, 1.165) is 23.6 Å². The summed E-state index contributed by atoms with van der Waals surface area (Å²) in [6.45, 7) is 0. The van der Waals surface area contributed by atoms with Gasteiger partial charge in [-0.3, -0.25) is 0 Å². The molecular weight excluding hydrogens is 303 g/mol. The first-order chi connectivity index (χ1) is 9.77. The van der Waals surface area contributed by atoms with Gasteiger partial charge in [0.1, 0.15) is 5.82 Å². The Balaban J connectivity index is 2.08. The van der Waals surface area contributed by atoms with E-state index >= 15 is 0 Å². The normalized spacial score (nSPS) is 19.2. The van der Waals surface area contributed by atoms with Crippen LogP contribution in [0.5, 0.6) is 0 Å². The summed E-state index contributed by atoms with van der Waals surface area (Å²) in [4.78, 5) is 22.7. The Morgan fingerprint density at radius 3 is 2.62 bits per heavy atom. The molecule has 1 atom stereocenters. The van der Waals surface area contributed by atoms with Gasteiger partial charge in [0.15, 0.2) is 9.84 Å². The van der Waals surface area contributed by atoms with Gasteiger partial charge >= 0.3 is 12.0 Å². The number of aromatic carboxylic acids is 1. The van der Waals surface area contributed by atoms with E-state index in [1.165, 1.54) is 6.08 Å². The predicted octanol–water partition coefficient (Wildman–Crippen LogP) is 0.956. The number of amides is 2. The van der Waals surface area contributed by atoms with E-state index in [9.17, 15) is 22.4 Å². The van der Waals surface area contributed by atoms with Crippen molar-refractivity contribution in [1.29, 1.82) is 0 Å². The molecule has 0 aromatic heterocycles. The van der Waals surface area contributed by atoms with Crippen LogP contribution in [0.3, 0.4) is 0 Å². The number of hydrogen-bond acceptors (Lipinski definition) is 4. The molecule has 0 aliphatic carbocycles. The van der Waals surface area contributed by atoms with Crippen LogP contribution in [-0.4, -0.2) is 37.3 Å². The number of carbonyl (C=O) groups is 2. The van der Waals surface area contributed by atoms with Crippen LogP contribution in [0.1, 0.15) is 10.4 Å². The number of carbonyl (C=O) groups excluding carboxylic acids is 1. The van der Waals surface area contributed by atoms with Gasteiger partial charge in [-0.2, -0.15) is 0 Å². The number of rotatable bonds is 3. The molecule has 0 saturated heterocycles. The molecule has 0 fully saturated rings. The van der Waals surface area contributed by atoms with Crippen LogP contribution in [0.15, 0.2) is 29.7 Å². The molecule has 1 aliphatic heterocycles. The monoisotopic (exact) mass is 314 g/mol. The molecule has 1 aromatic rings. The van der Waals surface area contributed by atoms with Gasteiger partial charge in [-0.15, -0.1) is 0 Å². The zero-order valence-electron chi connectivity index (χ0n) is 10.5. The van der Waals surface area contributed by atoms with Gasteiger partial charge in [0.2, 0.25) is 0 Å². The standard InChI is InChI=1S/C12H11FN2O5S/c13-7-1-2-9(11(16)17)10(5-7)15-12(18)14-8-3-4-21(19,20)6-8/h1-5,8H,6H2,(H,16,17)(H2,14,15,18). The minimum atomic E-state index is -3.32. The number of halogens is 1. The van der Waals surface area contributed by atoms with Crippen molar-refractivity contribution >= 4 is 27.5 Å². The summed E-state index contributed by atoms with van der Waals surface area (Å²) in [6.07, 6.45) is 1.30. The lowest BCUT2D eigenvalue weighted by atomic mass is 10.2. The Morgan fingerprint density at radius 1 is 1.33 bits per heavy atom. The fourth-order valence-electron chi connectivity index (χ4n) is 1.80. The highest BCUT2D eigenvalue weighted by molar-refractivity contribution is 7.94. The average molecular weight is 314 g/mol. The van der Waals surface area contributed by atoms with Crippen molar-refractivity contribution in [2.45, 2.75) is 6.04 Å². The first kappa shape index (κ1) is 15.0. The number of anilines is 1. The molecule has 0 spiro atoms. The maximum absolute atomic E-state index is 13.1. The van der Waals surface area contributed by atoms with Gasteiger partial charge in [-0.1, -0.05) is 0 Å². The fraction of sp³-hybridized carbons (Fsp3) is 0.167. The molecule has 9 heteroatoms. The number of sulfone groups is 1. The van der Waals surface area contributed by atoms with Crippen molar-refractivity contribution in [3.63, 3.8) is 0 Å². The molecule has 2 rings (SSSR count). The number of nitrogens with one attached hydrogen (secondary N) is 2. The number of hydrogen-bond donors (Lipinski definition) is 3. The fourth-order valence-corrected chi connectivity index (χ4v) is 3.03. The van der Waals surface area contributed by atoms with Crippen molar-refractivity contribution in [2.24, 2.45) is 0 Å². The molecule has 0 saturated carbocycles. The maximum Gasteiger partial charge on any atom is 0.337 e. The second-order valence-electron chi connectivity index (χ2n) is 4.36. The molecule has 1 aliphatic rings. The Hall–Kier alpha value is -2.42. The predicted molar refractivity (Wildman–Crippen MR) is 72.2 cm³/mol. The summed E-state index contributed by atoms with van der Waals surface area (Å²) in [5.41, 5.74) is -0.494. The SMILES string of the molecule is O=C(Nc1cc(F)ccc1C(=O)O)NC1C=CS(=O)(=O)C1. The van der Waals surface area contributed by atoms with Gasteiger partial charge in [-0.25, -0.2) is 22.4 Å². The summed E-state index contributed by atoms with van der Waals surface area (Å²) in [7, 11) is -3.32. The van der Waals surface area contributed by atoms with E-state index < -0.39 is 33.7 Å². The maximum atomic E-state index is 13.1. The van der Waals surface area contributed by atoms with Crippen LogP contribution >= 0.6 is 0 Å². The Labute approximate surface area is 119 Å². The number of carboxylic acid groups (broad SMARTS) is 1. The van der Waals surface area contributed by atoms with Crippen molar-refractivity contribution in [2.75, 3.05) is 11.1 Å². The molecule has 0 radical (unpaired) electrons. The molecular formula is C12H11FN2O5S. The van der Waals surface area contributed by atoms with E-state index in [-0.39, 0.29) is 17.0 Å². The average Bonchev–Trinajstić information content (AvgIpc) is 2.67. The summed E-state index contributed by atoms with van der Waals surface area (Å²) in [6, 6.07) is 1.31. The molecule has 7 nitrogen and oxygen atoms in total. The van der Waals surface area contributed by atoms with Crippen LogP contribution in [0.4, 0.5) is 14.9 Å². The highest BCUT2D eigenvalue weighted by Gasteiger charge is 2.23. The van der Waals surface area contributed by atoms with E-state index in [0.29, 0.717) is 0 Å². The molecule has 3 N–H and O–H groups in total. The minimum absolute atomic E-state index is 0.218. The van der Waals surface area contributed by atoms with E-state index in [2.05, 4.69) is 10.6 Å². The zero-order chi connectivity index (χ0) is 15.6. The number of carboxylic acids is 1. The van der Waals surface area contributed by atoms with Crippen molar-refractivity contribution in [3.05, 3.63) is 41.1 Å². The largest absolute Gasteiger partial charge is 0.478 e. The van der Waals surface area contributed by atoms with E-state index in [1.54, 1.807) is 0 Å². The molecule has 1 aromatic carbocycles. The molecule has 2 amide bonds. The third-order valence-corrected chi connectivity index (χ3v) is 4.10. The molecule has 21 heavy (non-hydrogen) atoms. The summed E-state index contributed by atoms with van der Waals surface area (Å²) >= 11 is 0. The molecule has 1 heterocycles. The summed E-state index contributed by atoms with van der Waals surface area (Å²) < 4.78 is 35.5. The van der Waals surface area contributed by atoms with Crippen LogP contribution in [-0.2, 0) is 9.84 Å². The zero-order valence-corrected chi connectivity index (χ0v) is 11.4. The second kappa shape index (κ2) is 5.52. The quantitative estimate of drug-likeness (QED) is 0.769. The second-order valence-corrected chi connectivity index (χ2v) is 6.29. The third kappa shape index (κ3) is 3.78. The van der Waals surface area contributed by atoms with Crippen LogP contribution in [0, 0.1) is 5.82 Å². The summed E-state index contributed by atoms with van der Waals surface area (Å²) in [5, 5.41) is 14.5. The van der Waals surface area contributed by atoms with Gasteiger partial charge in [-0.05, 0) is 24.3 Å². The van der Waals surface area contributed by atoms with Crippen molar-refractivity contribution in [3.8, 4) is 0 Å². The van der Waals surface area contributed by atoms with Crippen molar-refractivity contribution < 1.29 is 27.5 Å². The lowest BCUT2D eigenvalue weighted by Gasteiger charge is -2.12. The Kier molecular flexibility index (Phi) is 3.94. The third-order valence-electron chi connectivity index (χ3n) is 2.71. The highest BCUT2D eigenvalue weighted by atomic mass is 32.2. The highest BCUT2D eigenvalue weighted by Crippen LogP contribution is 2.17. The lowest BCUT2D eigenvalue weighted by Crippen LogP contribution is -2.38. The van der Waals surface area contributed by atoms with Gasteiger partial charge in [0.25, 0.3) is 0 Å². The molecule has 0 bridgehead atoms. The minimum Gasteiger partial charge on any atom is -0.478 e. The smallest absolute Gasteiger partial charge is 0.337 e. The van der Waals surface area contributed by atoms with E-state index in [4.69, 9.17) is 5.11 Å². The van der Waals surface area contributed by atoms with E-state index in [1.807, 2.05) is 0 Å². The number of urea groups is 1. The van der Waals surface area contributed by atoms with Gasteiger partial charge < -0.3 is 15.7 Å². The summed E-state index contributed by atoms with van der Waals surface area (Å²) in [5.74, 6) is -2.30. The Bertz CT molecular complexity index is 729. The topological polar surface area (TPSA) is 113 Å². The molecule has 112 valence electrons. The number of benzene rings is 1. The first-order valence-electron chi connectivity index (χ1n) is 5.78. The molecule has 1 unspecified atom stereocenters. The Morgan fingerprint density at radius 2 is 2.05 bits per heavy atom. The van der Waals surface area contributed by atoms with Gasteiger partial charge in [0, 0.05) is 5.41 Å². The van der Waals surface area contributed by atoms with Crippen LogP contribution in [0.2, 0.25) is 0 Å². The van der Waals surface area contributed by atoms with Gasteiger partial charge in [0.05, 0.1) is 23.0 Å². The first-order valence-corrected chi connectivity index (χ1v) is 7.50. The lowest BCUT2D eigenvalue weighted by molar-refractivity contribution is 0.0698.